The minimum Gasteiger partial charge on any atom is -0.497 e. The van der Waals surface area contributed by atoms with Crippen molar-refractivity contribution in [2.75, 3.05) is 13.7 Å². The third kappa shape index (κ3) is 4.47. The summed E-state index contributed by atoms with van der Waals surface area (Å²) in [5.41, 5.74) is 6.77. The fourth-order valence-corrected chi connectivity index (χ4v) is 5.57. The number of guanidine groups is 1. The van der Waals surface area contributed by atoms with Crippen LogP contribution >= 0.6 is 0 Å². The molecule has 0 spiro atoms. The summed E-state index contributed by atoms with van der Waals surface area (Å²) in [6.07, 6.45) is 0.113. The number of rotatable bonds is 8. The first kappa shape index (κ1) is 25.6. The van der Waals surface area contributed by atoms with E-state index in [1.54, 1.807) is 7.11 Å². The van der Waals surface area contributed by atoms with E-state index < -0.39 is 41.3 Å². The van der Waals surface area contributed by atoms with Gasteiger partial charge in [0.2, 0.25) is 0 Å². The number of nitrogens with two attached hydrogens (primary N) is 1. The molecule has 1 aromatic heterocycles. The van der Waals surface area contributed by atoms with Gasteiger partial charge in [-0.2, -0.15) is 0 Å². The van der Waals surface area contributed by atoms with Crippen LogP contribution in [-0.2, 0) is 15.1 Å². The maximum absolute atomic E-state index is 12.6. The molecule has 3 heterocycles. The number of methoxy groups -OCH3 is 1. The molecule has 40 heavy (non-hydrogen) atoms. The third-order valence-electron chi connectivity index (χ3n) is 7.42. The van der Waals surface area contributed by atoms with Crippen molar-refractivity contribution < 1.29 is 14.2 Å². The molecule has 0 radical (unpaired) electrons. The number of fused-ring (bicyclic) bond motifs is 1. The molecule has 0 bridgehead atoms. The van der Waals surface area contributed by atoms with Gasteiger partial charge in [-0.3, -0.25) is 14.3 Å². The average molecular weight is 540 g/mol. The lowest BCUT2D eigenvalue weighted by atomic mass is 9.80. The zero-order valence-electron chi connectivity index (χ0n) is 21.8. The molecule has 0 saturated carbocycles. The molecule has 10 nitrogen and oxygen atoms in total. The van der Waals surface area contributed by atoms with Crippen LogP contribution in [0.4, 0.5) is 0 Å². The molecule has 2 aliphatic heterocycles. The second-order valence-corrected chi connectivity index (χ2v) is 9.71. The minimum atomic E-state index is -0.998. The summed E-state index contributed by atoms with van der Waals surface area (Å²) < 4.78 is 20.1. The Morgan fingerprint density at radius 3 is 2.15 bits per heavy atom. The number of aromatic amines is 1. The molecular formula is C30H29N5O5. The standard InChI is InChI=1S/C30H29N5O5/c1-38-22-14-12-21(13-15-22)30(19-8-4-2-5-9-19,20-10-6-3-7-11-20)39-18-23-25-26(34-28(31)33-25)27(40-23)35-17-16-24(36)32-29(35)37/h2-17,23,25-27H,18H2,1H3,(H3,31,33,34)(H,32,36,37)/t23-,25-,26-,27-/m1/s1. The Kier molecular flexibility index (Phi) is 6.71. The Labute approximate surface area is 230 Å². The van der Waals surface area contributed by atoms with Crippen LogP contribution in [0, 0.1) is 0 Å². The first-order valence-corrected chi connectivity index (χ1v) is 13.0. The lowest BCUT2D eigenvalue weighted by molar-refractivity contribution is -0.0814. The Bertz CT molecular complexity index is 1580. The lowest BCUT2D eigenvalue weighted by Gasteiger charge is -2.37. The van der Waals surface area contributed by atoms with Crippen molar-refractivity contribution in [3.05, 3.63) is 135 Å². The largest absolute Gasteiger partial charge is 0.497 e. The number of H-pyrrole nitrogens is 1. The van der Waals surface area contributed by atoms with Crippen LogP contribution in [0.25, 0.3) is 0 Å². The van der Waals surface area contributed by atoms with Crippen LogP contribution in [-0.4, -0.2) is 47.4 Å². The highest BCUT2D eigenvalue weighted by Crippen LogP contribution is 2.42. The van der Waals surface area contributed by atoms with E-state index in [2.05, 4.69) is 15.3 Å². The van der Waals surface area contributed by atoms with Crippen LogP contribution in [0.2, 0.25) is 0 Å². The summed E-state index contributed by atoms with van der Waals surface area (Å²) in [6, 6.07) is 28.2. The van der Waals surface area contributed by atoms with Gasteiger partial charge in [-0.15, -0.1) is 0 Å². The fourth-order valence-electron chi connectivity index (χ4n) is 5.57. The summed E-state index contributed by atoms with van der Waals surface area (Å²) in [6.45, 7) is 0.129. The molecule has 10 heteroatoms. The molecule has 0 aliphatic carbocycles. The van der Waals surface area contributed by atoms with E-state index in [0.717, 1.165) is 22.4 Å². The van der Waals surface area contributed by atoms with Gasteiger partial charge in [-0.25, -0.2) is 9.79 Å². The number of aliphatic imine (C=N–C) groups is 1. The number of aromatic nitrogens is 2. The normalized spacial score (nSPS) is 21.9. The molecule has 0 amide bonds. The molecule has 1 saturated heterocycles. The molecule has 1 fully saturated rings. The highest BCUT2D eigenvalue weighted by molar-refractivity contribution is 5.80. The molecule has 3 aromatic carbocycles. The maximum atomic E-state index is 12.6. The quantitative estimate of drug-likeness (QED) is 0.292. The van der Waals surface area contributed by atoms with E-state index in [4.69, 9.17) is 19.9 Å². The molecular weight excluding hydrogens is 510 g/mol. The molecule has 4 atom stereocenters. The minimum absolute atomic E-state index is 0.129. The van der Waals surface area contributed by atoms with Crippen molar-refractivity contribution in [3.63, 3.8) is 0 Å². The van der Waals surface area contributed by atoms with Gasteiger partial charge in [0.25, 0.3) is 5.56 Å². The van der Waals surface area contributed by atoms with Crippen molar-refractivity contribution >= 4 is 5.96 Å². The fraction of sp³-hybridized carbons (Fsp3) is 0.233. The van der Waals surface area contributed by atoms with Crippen LogP contribution in [0.5, 0.6) is 5.75 Å². The van der Waals surface area contributed by atoms with Gasteiger partial charge >= 0.3 is 5.69 Å². The van der Waals surface area contributed by atoms with Gasteiger partial charge in [0, 0.05) is 12.3 Å². The summed E-state index contributed by atoms with van der Waals surface area (Å²) in [4.78, 5) is 31.1. The smallest absolute Gasteiger partial charge is 0.330 e. The Morgan fingerprint density at radius 2 is 1.55 bits per heavy atom. The molecule has 0 unspecified atom stereocenters. The number of hydrogen-bond acceptors (Lipinski definition) is 8. The number of hydrogen-bond donors (Lipinski definition) is 3. The average Bonchev–Trinajstić information content (AvgIpc) is 3.52. The van der Waals surface area contributed by atoms with Crippen molar-refractivity contribution in [2.45, 2.75) is 30.0 Å². The Balaban J connectivity index is 1.41. The topological polar surface area (TPSA) is 133 Å². The second-order valence-electron chi connectivity index (χ2n) is 9.71. The van der Waals surface area contributed by atoms with Gasteiger partial charge in [0.1, 0.15) is 23.5 Å². The predicted octanol–water partition coefficient (Wildman–Crippen LogP) is 2.11. The highest BCUT2D eigenvalue weighted by atomic mass is 16.6. The lowest BCUT2D eigenvalue weighted by Crippen LogP contribution is -2.44. The summed E-state index contributed by atoms with van der Waals surface area (Å²) >= 11 is 0. The molecule has 4 N–H and O–H groups in total. The zero-order valence-corrected chi connectivity index (χ0v) is 21.8. The van der Waals surface area contributed by atoms with Crippen LogP contribution < -0.4 is 27.0 Å². The molecule has 2 aliphatic rings. The van der Waals surface area contributed by atoms with E-state index in [0.29, 0.717) is 0 Å². The van der Waals surface area contributed by atoms with Crippen LogP contribution in [0.1, 0.15) is 22.9 Å². The van der Waals surface area contributed by atoms with E-state index in [1.165, 1.54) is 16.8 Å². The summed E-state index contributed by atoms with van der Waals surface area (Å²) in [7, 11) is 1.63. The third-order valence-corrected chi connectivity index (χ3v) is 7.42. The Morgan fingerprint density at radius 1 is 0.925 bits per heavy atom. The van der Waals surface area contributed by atoms with Crippen LogP contribution in [0.3, 0.4) is 0 Å². The number of ether oxygens (including phenoxy) is 3. The molecule has 6 rings (SSSR count). The number of nitrogens with one attached hydrogen (secondary N) is 2. The van der Waals surface area contributed by atoms with E-state index in [-0.39, 0.29) is 12.6 Å². The monoisotopic (exact) mass is 539 g/mol. The first-order chi connectivity index (χ1) is 19.5. The number of nitrogens with zero attached hydrogens (tertiary/aromatic N) is 2. The Hall–Kier alpha value is -4.67. The molecule has 4 aromatic rings. The SMILES string of the molecule is COc1ccc(C(OC[C@H]2O[C@@H](n3ccc(=O)[nH]c3=O)[C@@H]3NC(N)=N[C@@H]32)(c2ccccc2)c2ccccc2)cc1. The van der Waals surface area contributed by atoms with E-state index >= 15 is 0 Å². The van der Waals surface area contributed by atoms with Gasteiger partial charge in [-0.05, 0) is 28.8 Å². The van der Waals surface area contributed by atoms with Gasteiger partial charge < -0.3 is 25.3 Å². The van der Waals surface area contributed by atoms with Crippen molar-refractivity contribution in [3.8, 4) is 5.75 Å². The first-order valence-electron chi connectivity index (χ1n) is 13.0. The van der Waals surface area contributed by atoms with E-state index in [1.807, 2.05) is 84.9 Å². The van der Waals surface area contributed by atoms with Gasteiger partial charge in [0.15, 0.2) is 12.2 Å². The van der Waals surface area contributed by atoms with Crippen LogP contribution in [0.15, 0.2) is 112 Å². The molecule has 204 valence electrons. The van der Waals surface area contributed by atoms with Gasteiger partial charge in [0.05, 0.1) is 19.8 Å². The second kappa shape index (κ2) is 10.5. The van der Waals surface area contributed by atoms with Gasteiger partial charge in [-0.1, -0.05) is 72.8 Å². The highest BCUT2D eigenvalue weighted by Gasteiger charge is 2.50. The summed E-state index contributed by atoms with van der Waals surface area (Å²) in [5.74, 6) is 0.995. The predicted molar refractivity (Wildman–Crippen MR) is 149 cm³/mol. The zero-order chi connectivity index (χ0) is 27.7. The van der Waals surface area contributed by atoms with Crippen molar-refractivity contribution in [2.24, 2.45) is 10.7 Å². The maximum Gasteiger partial charge on any atom is 0.330 e. The van der Waals surface area contributed by atoms with Crippen molar-refractivity contribution in [1.82, 2.24) is 14.9 Å². The van der Waals surface area contributed by atoms with E-state index in [9.17, 15) is 9.59 Å². The summed E-state index contributed by atoms with van der Waals surface area (Å²) in [5, 5.41) is 3.12. The number of benzene rings is 3. The van der Waals surface area contributed by atoms with Crippen molar-refractivity contribution in [1.29, 1.82) is 0 Å².